The highest BCUT2D eigenvalue weighted by molar-refractivity contribution is 7.10. The zero-order chi connectivity index (χ0) is 9.14. The predicted molar refractivity (Wildman–Crippen MR) is 57.1 cm³/mol. The van der Waals surface area contributed by atoms with Crippen LogP contribution in [0.5, 0.6) is 0 Å². The van der Waals surface area contributed by atoms with Crippen LogP contribution < -0.4 is 0 Å². The molecule has 1 aromatic heterocycles. The van der Waals surface area contributed by atoms with Crippen molar-refractivity contribution in [3.63, 3.8) is 0 Å². The zero-order valence-corrected chi connectivity index (χ0v) is 9.24. The minimum atomic E-state index is 0.681. The van der Waals surface area contributed by atoms with Crippen molar-refractivity contribution in [2.24, 2.45) is 0 Å². The molecule has 0 bridgehead atoms. The lowest BCUT2D eigenvalue weighted by atomic mass is 9.97. The molecule has 0 saturated carbocycles. The molecule has 0 spiro atoms. The van der Waals surface area contributed by atoms with Gasteiger partial charge in [-0.15, -0.1) is 11.3 Å². The Morgan fingerprint density at radius 3 is 2.50 bits per heavy atom. The van der Waals surface area contributed by atoms with Gasteiger partial charge in [0.15, 0.2) is 0 Å². The SMILES string of the molecule is CCC(C)c1sccc1C(C)C. The summed E-state index contributed by atoms with van der Waals surface area (Å²) < 4.78 is 0. The molecule has 0 amide bonds. The molecule has 1 atom stereocenters. The average Bonchev–Trinajstić information content (AvgIpc) is 2.50. The summed E-state index contributed by atoms with van der Waals surface area (Å²) in [5.74, 6) is 1.42. The van der Waals surface area contributed by atoms with Crippen LogP contribution in [0, 0.1) is 0 Å². The summed E-state index contributed by atoms with van der Waals surface area (Å²) >= 11 is 1.91. The first-order valence-corrected chi connectivity index (χ1v) is 5.62. The molecule has 0 aliphatic rings. The summed E-state index contributed by atoms with van der Waals surface area (Å²) in [5, 5.41) is 2.22. The molecule has 1 unspecified atom stereocenters. The lowest BCUT2D eigenvalue weighted by Crippen LogP contribution is -1.94. The fourth-order valence-electron chi connectivity index (χ4n) is 1.39. The molecule has 0 N–H and O–H groups in total. The Kier molecular flexibility index (Phi) is 3.33. The lowest BCUT2D eigenvalue weighted by molar-refractivity contribution is 0.724. The number of rotatable bonds is 3. The van der Waals surface area contributed by atoms with Gasteiger partial charge in [-0.05, 0) is 35.3 Å². The highest BCUT2D eigenvalue weighted by Gasteiger charge is 2.12. The first-order chi connectivity index (χ1) is 5.66. The monoisotopic (exact) mass is 182 g/mol. The van der Waals surface area contributed by atoms with Crippen molar-refractivity contribution in [2.45, 2.75) is 46.0 Å². The fourth-order valence-corrected chi connectivity index (χ4v) is 2.59. The molecule has 0 aromatic carbocycles. The predicted octanol–water partition coefficient (Wildman–Crippen LogP) is 4.39. The zero-order valence-electron chi connectivity index (χ0n) is 8.42. The second-order valence-electron chi connectivity index (χ2n) is 3.70. The van der Waals surface area contributed by atoms with Crippen LogP contribution >= 0.6 is 11.3 Å². The van der Waals surface area contributed by atoms with Crippen LogP contribution in [0.4, 0.5) is 0 Å². The molecule has 0 aliphatic carbocycles. The molecule has 12 heavy (non-hydrogen) atoms. The van der Waals surface area contributed by atoms with E-state index in [1.165, 1.54) is 6.42 Å². The maximum absolute atomic E-state index is 2.32. The van der Waals surface area contributed by atoms with Crippen LogP contribution in [-0.4, -0.2) is 0 Å². The quantitative estimate of drug-likeness (QED) is 0.650. The van der Waals surface area contributed by atoms with Crippen molar-refractivity contribution >= 4 is 11.3 Å². The van der Waals surface area contributed by atoms with Gasteiger partial charge in [0, 0.05) is 4.88 Å². The Bertz CT molecular complexity index is 235. The highest BCUT2D eigenvalue weighted by atomic mass is 32.1. The van der Waals surface area contributed by atoms with Crippen molar-refractivity contribution in [3.05, 3.63) is 21.9 Å². The van der Waals surface area contributed by atoms with Gasteiger partial charge >= 0.3 is 0 Å². The number of hydrogen-bond donors (Lipinski definition) is 0. The topological polar surface area (TPSA) is 0 Å². The van der Waals surface area contributed by atoms with E-state index in [-0.39, 0.29) is 0 Å². The second-order valence-corrected chi connectivity index (χ2v) is 4.65. The molecule has 68 valence electrons. The minimum absolute atomic E-state index is 0.681. The summed E-state index contributed by atoms with van der Waals surface area (Å²) in [5.41, 5.74) is 1.55. The molecule has 0 fully saturated rings. The second kappa shape index (κ2) is 4.08. The van der Waals surface area contributed by atoms with E-state index in [0.29, 0.717) is 5.92 Å². The van der Waals surface area contributed by atoms with Crippen molar-refractivity contribution in [3.8, 4) is 0 Å². The Morgan fingerprint density at radius 2 is 2.00 bits per heavy atom. The smallest absolute Gasteiger partial charge is 0.0108 e. The number of hydrogen-bond acceptors (Lipinski definition) is 1. The lowest BCUT2D eigenvalue weighted by Gasteiger charge is -2.11. The van der Waals surface area contributed by atoms with E-state index in [4.69, 9.17) is 0 Å². The third-order valence-corrected chi connectivity index (χ3v) is 3.57. The van der Waals surface area contributed by atoms with Crippen LogP contribution in [0.2, 0.25) is 0 Å². The van der Waals surface area contributed by atoms with E-state index in [1.54, 1.807) is 10.4 Å². The summed E-state index contributed by atoms with van der Waals surface area (Å²) in [6.07, 6.45) is 1.25. The van der Waals surface area contributed by atoms with E-state index < -0.39 is 0 Å². The Hall–Kier alpha value is -0.300. The van der Waals surface area contributed by atoms with Gasteiger partial charge in [-0.3, -0.25) is 0 Å². The van der Waals surface area contributed by atoms with Crippen molar-refractivity contribution in [2.75, 3.05) is 0 Å². The Labute approximate surface area is 79.6 Å². The molecule has 1 aromatic rings. The van der Waals surface area contributed by atoms with Crippen LogP contribution in [0.25, 0.3) is 0 Å². The Balaban J connectivity index is 2.91. The number of thiophene rings is 1. The Morgan fingerprint density at radius 1 is 1.33 bits per heavy atom. The van der Waals surface area contributed by atoms with Gasteiger partial charge in [-0.25, -0.2) is 0 Å². The van der Waals surface area contributed by atoms with Gasteiger partial charge < -0.3 is 0 Å². The molecular formula is C11H18S. The van der Waals surface area contributed by atoms with E-state index in [1.807, 2.05) is 11.3 Å². The highest BCUT2D eigenvalue weighted by Crippen LogP contribution is 2.32. The third kappa shape index (κ3) is 1.89. The van der Waals surface area contributed by atoms with E-state index in [0.717, 1.165) is 5.92 Å². The van der Waals surface area contributed by atoms with E-state index in [9.17, 15) is 0 Å². The van der Waals surface area contributed by atoms with E-state index >= 15 is 0 Å². The summed E-state index contributed by atoms with van der Waals surface area (Å²) in [6, 6.07) is 2.27. The normalized spacial score (nSPS) is 13.8. The molecule has 0 nitrogen and oxygen atoms in total. The molecule has 0 radical (unpaired) electrons. The maximum atomic E-state index is 2.32. The summed E-state index contributed by atoms with van der Waals surface area (Å²) in [7, 11) is 0. The third-order valence-electron chi connectivity index (χ3n) is 2.41. The van der Waals surface area contributed by atoms with Crippen LogP contribution in [0.3, 0.4) is 0 Å². The van der Waals surface area contributed by atoms with Crippen molar-refractivity contribution < 1.29 is 0 Å². The first kappa shape index (κ1) is 9.79. The molecule has 0 saturated heterocycles. The largest absolute Gasteiger partial charge is 0.148 e. The van der Waals surface area contributed by atoms with Crippen molar-refractivity contribution in [1.29, 1.82) is 0 Å². The molecule has 1 heteroatoms. The van der Waals surface area contributed by atoms with Gasteiger partial charge in [0.2, 0.25) is 0 Å². The molecule has 0 aliphatic heterocycles. The first-order valence-electron chi connectivity index (χ1n) is 4.74. The molecular weight excluding hydrogens is 164 g/mol. The summed E-state index contributed by atoms with van der Waals surface area (Å²) in [4.78, 5) is 1.59. The maximum Gasteiger partial charge on any atom is 0.0108 e. The molecule has 1 rings (SSSR count). The fraction of sp³-hybridized carbons (Fsp3) is 0.636. The standard InChI is InChI=1S/C11H18S/c1-5-9(4)11-10(8(2)3)6-7-12-11/h6-9H,5H2,1-4H3. The van der Waals surface area contributed by atoms with Gasteiger partial charge in [-0.1, -0.05) is 27.7 Å². The van der Waals surface area contributed by atoms with Crippen LogP contribution in [0.1, 0.15) is 56.4 Å². The van der Waals surface area contributed by atoms with Gasteiger partial charge in [0.05, 0.1) is 0 Å². The molecule has 1 heterocycles. The minimum Gasteiger partial charge on any atom is -0.148 e. The van der Waals surface area contributed by atoms with Gasteiger partial charge in [-0.2, -0.15) is 0 Å². The van der Waals surface area contributed by atoms with Crippen LogP contribution in [-0.2, 0) is 0 Å². The summed E-state index contributed by atoms with van der Waals surface area (Å²) in [6.45, 7) is 9.12. The van der Waals surface area contributed by atoms with Gasteiger partial charge in [0.25, 0.3) is 0 Å². The van der Waals surface area contributed by atoms with Crippen LogP contribution in [0.15, 0.2) is 11.4 Å². The van der Waals surface area contributed by atoms with E-state index in [2.05, 4.69) is 39.1 Å². The van der Waals surface area contributed by atoms with Gasteiger partial charge in [0.1, 0.15) is 0 Å². The average molecular weight is 182 g/mol. The van der Waals surface area contributed by atoms with Crippen molar-refractivity contribution in [1.82, 2.24) is 0 Å².